The molecule has 2 aliphatic rings. The molecule has 1 amide bonds. The topological polar surface area (TPSA) is 90.2 Å². The monoisotopic (exact) mass is 493 g/mol. The third-order valence-electron chi connectivity index (χ3n) is 7.08. The summed E-state index contributed by atoms with van der Waals surface area (Å²) in [5.74, 6) is -1.27. The number of carbonyl (C=O) groups excluding carboxylic acids is 2. The van der Waals surface area contributed by atoms with Crippen LogP contribution in [0.5, 0.6) is 0 Å². The van der Waals surface area contributed by atoms with E-state index in [2.05, 4.69) is 34.1 Å². The van der Waals surface area contributed by atoms with Gasteiger partial charge in [-0.05, 0) is 64.6 Å². The molecule has 2 aromatic rings. The number of nitro benzene ring substituents is 1. The van der Waals surface area contributed by atoms with Crippen LogP contribution in [0.15, 0.2) is 48.5 Å². The lowest BCUT2D eigenvalue weighted by Gasteiger charge is -2.36. The van der Waals surface area contributed by atoms with Crippen LogP contribution >= 0.6 is 0 Å². The predicted octanol–water partition coefficient (Wildman–Crippen LogP) is 3.29. The van der Waals surface area contributed by atoms with Crippen molar-refractivity contribution in [3.8, 4) is 0 Å². The maximum Gasteiger partial charge on any atom is 0.270 e. The maximum atomic E-state index is 13.4. The fourth-order valence-corrected chi connectivity index (χ4v) is 5.09. The Morgan fingerprint density at radius 1 is 0.972 bits per heavy atom. The van der Waals surface area contributed by atoms with Gasteiger partial charge >= 0.3 is 0 Å². The minimum Gasteiger partial charge on any atom is -0.369 e. The molecule has 0 saturated carbocycles. The molecule has 36 heavy (non-hydrogen) atoms. The highest BCUT2D eigenvalue weighted by molar-refractivity contribution is 6.21. The first-order chi connectivity index (χ1) is 17.3. The van der Waals surface area contributed by atoms with Gasteiger partial charge in [-0.2, -0.15) is 0 Å². The fraction of sp³-hybridized carbons (Fsp3) is 0.481. The van der Waals surface area contributed by atoms with Gasteiger partial charge in [0.25, 0.3) is 5.69 Å². The van der Waals surface area contributed by atoms with Crippen LogP contribution in [-0.2, 0) is 4.79 Å². The van der Waals surface area contributed by atoms with Crippen LogP contribution in [0, 0.1) is 16.0 Å². The second kappa shape index (κ2) is 11.6. The normalized spacial score (nSPS) is 18.6. The fourth-order valence-electron chi connectivity index (χ4n) is 5.09. The van der Waals surface area contributed by atoms with Crippen LogP contribution in [0.25, 0.3) is 0 Å². The van der Waals surface area contributed by atoms with E-state index in [0.29, 0.717) is 18.7 Å². The average Bonchev–Trinajstić information content (AvgIpc) is 2.88. The molecule has 0 N–H and O–H groups in total. The zero-order valence-electron chi connectivity index (χ0n) is 21.1. The number of hydrogen-bond acceptors (Lipinski definition) is 7. The van der Waals surface area contributed by atoms with E-state index >= 15 is 0 Å². The van der Waals surface area contributed by atoms with E-state index in [0.717, 1.165) is 52.1 Å². The molecule has 0 radical (unpaired) electrons. The number of hydrogen-bond donors (Lipinski definition) is 0. The Hall–Kier alpha value is -3.30. The summed E-state index contributed by atoms with van der Waals surface area (Å²) in [6, 6.07) is 14.6. The van der Waals surface area contributed by atoms with E-state index in [9.17, 15) is 19.7 Å². The summed E-state index contributed by atoms with van der Waals surface area (Å²) < 4.78 is 0. The van der Waals surface area contributed by atoms with E-state index in [1.165, 1.54) is 17.8 Å². The zero-order chi connectivity index (χ0) is 25.7. The van der Waals surface area contributed by atoms with Crippen molar-refractivity contribution in [2.45, 2.75) is 19.3 Å². The first-order valence-electron chi connectivity index (χ1n) is 12.7. The molecule has 1 unspecified atom stereocenters. The second-order valence-electron chi connectivity index (χ2n) is 9.83. The number of benzene rings is 2. The SMILES string of the molecule is CN(C)CCCN1C(=O)C(CCCN2CCN(c3ccccc3)CC2)C(=O)c2cc([N+](=O)[O-])ccc21. The number of nitrogens with zero attached hydrogens (tertiary/aromatic N) is 5. The summed E-state index contributed by atoms with van der Waals surface area (Å²) in [6.07, 6.45) is 1.92. The minimum absolute atomic E-state index is 0.125. The van der Waals surface area contributed by atoms with Gasteiger partial charge < -0.3 is 14.7 Å². The standard InChI is InChI=1S/C27H35N5O4/c1-28(2)13-7-15-31-25-12-11-22(32(35)36)20-24(25)26(33)23(27(31)34)10-6-14-29-16-18-30(19-17-29)21-8-4-3-5-9-21/h3-5,8-9,11-12,20,23H,6-7,10,13-19H2,1-2H3. The Labute approximate surface area is 212 Å². The highest BCUT2D eigenvalue weighted by Crippen LogP contribution is 2.35. The lowest BCUT2D eigenvalue weighted by molar-refractivity contribution is -0.384. The Kier molecular flexibility index (Phi) is 8.32. The van der Waals surface area contributed by atoms with Gasteiger partial charge in [0.05, 0.1) is 10.6 Å². The summed E-state index contributed by atoms with van der Waals surface area (Å²) in [4.78, 5) is 46.0. The highest BCUT2D eigenvalue weighted by atomic mass is 16.6. The van der Waals surface area contributed by atoms with Gasteiger partial charge in [-0.25, -0.2) is 0 Å². The lowest BCUT2D eigenvalue weighted by Crippen LogP contribution is -2.47. The molecule has 0 aromatic heterocycles. The number of Topliss-reactive ketones (excluding diaryl/α,β-unsaturated/α-hetero) is 1. The van der Waals surface area contributed by atoms with E-state index in [1.54, 1.807) is 11.0 Å². The van der Waals surface area contributed by atoms with Crippen molar-refractivity contribution in [3.63, 3.8) is 0 Å². The summed E-state index contributed by atoms with van der Waals surface area (Å²) >= 11 is 0. The summed E-state index contributed by atoms with van der Waals surface area (Å²) in [5.41, 5.74) is 1.88. The smallest absolute Gasteiger partial charge is 0.270 e. The second-order valence-corrected chi connectivity index (χ2v) is 9.83. The largest absolute Gasteiger partial charge is 0.369 e. The summed E-state index contributed by atoms with van der Waals surface area (Å²) in [5, 5.41) is 11.3. The molecular formula is C27H35N5O4. The van der Waals surface area contributed by atoms with Crippen molar-refractivity contribution in [2.24, 2.45) is 5.92 Å². The minimum atomic E-state index is -0.788. The number of amides is 1. The van der Waals surface area contributed by atoms with Gasteiger partial charge in [0.2, 0.25) is 5.91 Å². The lowest BCUT2D eigenvalue weighted by atomic mass is 9.86. The van der Waals surface area contributed by atoms with E-state index in [4.69, 9.17) is 0 Å². The number of ketones is 1. The Morgan fingerprint density at radius 3 is 2.36 bits per heavy atom. The number of anilines is 2. The molecule has 9 nitrogen and oxygen atoms in total. The molecule has 1 fully saturated rings. The van der Waals surface area contributed by atoms with Crippen molar-refractivity contribution in [1.82, 2.24) is 9.80 Å². The van der Waals surface area contributed by atoms with Gasteiger partial charge in [0, 0.05) is 56.1 Å². The van der Waals surface area contributed by atoms with Crippen LogP contribution in [0.1, 0.15) is 29.6 Å². The van der Waals surface area contributed by atoms with Crippen molar-refractivity contribution in [2.75, 3.05) is 69.7 Å². The Morgan fingerprint density at radius 2 is 1.69 bits per heavy atom. The highest BCUT2D eigenvalue weighted by Gasteiger charge is 2.39. The van der Waals surface area contributed by atoms with Crippen LogP contribution < -0.4 is 9.80 Å². The van der Waals surface area contributed by atoms with Crippen molar-refractivity contribution >= 4 is 28.8 Å². The van der Waals surface area contributed by atoms with E-state index < -0.39 is 10.8 Å². The number of piperazine rings is 1. The molecule has 1 saturated heterocycles. The molecule has 0 bridgehead atoms. The van der Waals surface area contributed by atoms with Crippen LogP contribution in [0.2, 0.25) is 0 Å². The van der Waals surface area contributed by atoms with Crippen LogP contribution in [0.3, 0.4) is 0 Å². The molecule has 4 rings (SSSR count). The first kappa shape index (κ1) is 25.8. The first-order valence-corrected chi connectivity index (χ1v) is 12.7. The molecule has 2 aliphatic heterocycles. The number of nitro groups is 1. The third-order valence-corrected chi connectivity index (χ3v) is 7.08. The molecular weight excluding hydrogens is 458 g/mol. The molecule has 2 heterocycles. The zero-order valence-corrected chi connectivity index (χ0v) is 21.1. The van der Waals surface area contributed by atoms with Gasteiger partial charge in [0.1, 0.15) is 5.92 Å². The molecule has 192 valence electrons. The van der Waals surface area contributed by atoms with Gasteiger partial charge in [-0.1, -0.05) is 18.2 Å². The molecule has 0 aliphatic carbocycles. The Balaban J connectivity index is 1.39. The number of non-ortho nitro benzene ring substituents is 1. The average molecular weight is 494 g/mol. The number of rotatable bonds is 10. The van der Waals surface area contributed by atoms with E-state index in [1.807, 2.05) is 25.1 Å². The number of carbonyl (C=O) groups is 2. The maximum absolute atomic E-state index is 13.4. The van der Waals surface area contributed by atoms with Crippen LogP contribution in [0.4, 0.5) is 17.1 Å². The molecule has 0 spiro atoms. The van der Waals surface area contributed by atoms with Gasteiger partial charge in [0.15, 0.2) is 5.78 Å². The molecule has 1 atom stereocenters. The van der Waals surface area contributed by atoms with E-state index in [-0.39, 0.29) is 22.9 Å². The van der Waals surface area contributed by atoms with Crippen molar-refractivity contribution in [1.29, 1.82) is 0 Å². The van der Waals surface area contributed by atoms with Crippen molar-refractivity contribution in [3.05, 3.63) is 64.2 Å². The van der Waals surface area contributed by atoms with Crippen LogP contribution in [-0.4, -0.2) is 86.3 Å². The molecule has 2 aromatic carbocycles. The quantitative estimate of drug-likeness (QED) is 0.285. The van der Waals surface area contributed by atoms with Gasteiger partial charge in [-0.3, -0.25) is 24.6 Å². The van der Waals surface area contributed by atoms with Gasteiger partial charge in [-0.15, -0.1) is 0 Å². The number of fused-ring (bicyclic) bond motifs is 1. The molecule has 9 heteroatoms. The third kappa shape index (κ3) is 5.91. The van der Waals surface area contributed by atoms with Crippen molar-refractivity contribution < 1.29 is 14.5 Å². The Bertz CT molecular complexity index is 1080. The number of para-hydroxylation sites is 1. The summed E-state index contributed by atoms with van der Waals surface area (Å²) in [7, 11) is 3.95. The predicted molar refractivity (Wildman–Crippen MR) is 141 cm³/mol. The summed E-state index contributed by atoms with van der Waals surface area (Å²) in [6.45, 7) is 5.87.